The summed E-state index contributed by atoms with van der Waals surface area (Å²) in [7, 11) is 3.60. The summed E-state index contributed by atoms with van der Waals surface area (Å²) in [5.41, 5.74) is 3.51. The van der Waals surface area contributed by atoms with Crippen LogP contribution in [0, 0.1) is 0 Å². The van der Waals surface area contributed by atoms with E-state index in [1.807, 2.05) is 12.1 Å². The normalized spacial score (nSPS) is 17.2. The maximum Gasteiger partial charge on any atom is 0.236 e. The fourth-order valence-corrected chi connectivity index (χ4v) is 3.49. The fraction of sp³-hybridized carbons (Fsp3) is 0.545. The second-order valence-electron chi connectivity index (χ2n) is 8.15. The lowest BCUT2D eigenvalue weighted by molar-refractivity contribution is -0.129. The van der Waals surface area contributed by atoms with E-state index in [0.29, 0.717) is 25.0 Å². The van der Waals surface area contributed by atoms with Gasteiger partial charge in [-0.15, -0.1) is 0 Å². The molecule has 6 heteroatoms. The zero-order chi connectivity index (χ0) is 20.1. The molecule has 1 fully saturated rings. The van der Waals surface area contributed by atoms with E-state index in [-0.39, 0.29) is 5.91 Å². The first-order valence-electron chi connectivity index (χ1n) is 10.1. The number of amides is 1. The molecule has 1 aromatic heterocycles. The Balaban J connectivity index is 1.45. The number of ether oxygens (including phenoxy) is 1. The third-order valence-corrected chi connectivity index (χ3v) is 5.39. The van der Waals surface area contributed by atoms with Crippen molar-refractivity contribution in [3.8, 4) is 5.75 Å². The van der Waals surface area contributed by atoms with Gasteiger partial charge in [0.2, 0.25) is 5.91 Å². The standard InChI is InChI=1S/C22H32N4O2/c1-16(2)17-5-7-20(8-6-17)28-12-10-19-13-21(24-23-19)18-9-11-26(14-18)15-22(27)25(3)4/h5-8,13,16,18H,9-12,14-15H2,1-4H3,(H,23,24)/t18-/m0/s1. The molecule has 1 amide bonds. The first-order chi connectivity index (χ1) is 13.4. The van der Waals surface area contributed by atoms with Gasteiger partial charge < -0.3 is 9.64 Å². The van der Waals surface area contributed by atoms with E-state index in [1.165, 1.54) is 5.56 Å². The molecule has 6 nitrogen and oxygen atoms in total. The number of nitrogens with zero attached hydrogens (tertiary/aromatic N) is 3. The molecule has 1 N–H and O–H groups in total. The Kier molecular flexibility index (Phi) is 6.73. The molecular weight excluding hydrogens is 352 g/mol. The van der Waals surface area contributed by atoms with Gasteiger partial charge in [-0.25, -0.2) is 0 Å². The SMILES string of the molecule is CC(C)c1ccc(OCCc2cc([C@H]3CCN(CC(=O)N(C)C)C3)n[nH]2)cc1. The molecule has 1 aromatic carbocycles. The van der Waals surface area contributed by atoms with Gasteiger partial charge in [-0.2, -0.15) is 5.10 Å². The summed E-state index contributed by atoms with van der Waals surface area (Å²) in [5.74, 6) is 1.98. The average molecular weight is 385 g/mol. The molecule has 0 bridgehead atoms. The van der Waals surface area contributed by atoms with Crippen molar-refractivity contribution in [2.24, 2.45) is 0 Å². The second-order valence-corrected chi connectivity index (χ2v) is 8.15. The molecule has 1 aliphatic rings. The number of likely N-dealkylation sites (N-methyl/N-ethyl adjacent to an activating group) is 1. The molecule has 2 heterocycles. The number of carbonyl (C=O) groups excluding carboxylic acids is 1. The summed E-state index contributed by atoms with van der Waals surface area (Å²) >= 11 is 0. The molecule has 152 valence electrons. The molecule has 3 rings (SSSR count). The molecule has 2 aromatic rings. The van der Waals surface area contributed by atoms with Gasteiger partial charge in [0.15, 0.2) is 0 Å². The molecule has 1 saturated heterocycles. The van der Waals surface area contributed by atoms with Gasteiger partial charge in [-0.1, -0.05) is 26.0 Å². The number of rotatable bonds is 8. The largest absolute Gasteiger partial charge is 0.493 e. The van der Waals surface area contributed by atoms with E-state index in [1.54, 1.807) is 19.0 Å². The average Bonchev–Trinajstić information content (AvgIpc) is 3.31. The Morgan fingerprint density at radius 1 is 1.32 bits per heavy atom. The summed E-state index contributed by atoms with van der Waals surface area (Å²) in [5, 5.41) is 7.64. The number of H-pyrrole nitrogens is 1. The van der Waals surface area contributed by atoms with E-state index in [9.17, 15) is 4.79 Å². The molecule has 28 heavy (non-hydrogen) atoms. The first-order valence-corrected chi connectivity index (χ1v) is 10.1. The highest BCUT2D eigenvalue weighted by molar-refractivity contribution is 5.77. The fourth-order valence-electron chi connectivity index (χ4n) is 3.49. The molecule has 0 radical (unpaired) electrons. The lowest BCUT2D eigenvalue weighted by Crippen LogP contribution is -2.35. The number of nitrogens with one attached hydrogen (secondary N) is 1. The lowest BCUT2D eigenvalue weighted by atomic mass is 10.0. The van der Waals surface area contributed by atoms with Crippen LogP contribution in [0.25, 0.3) is 0 Å². The van der Waals surface area contributed by atoms with Crippen LogP contribution in [-0.4, -0.2) is 66.2 Å². The first kappa shape index (κ1) is 20.4. The monoisotopic (exact) mass is 384 g/mol. The maximum atomic E-state index is 11.9. The predicted molar refractivity (Wildman–Crippen MR) is 111 cm³/mol. The van der Waals surface area contributed by atoms with E-state index >= 15 is 0 Å². The summed E-state index contributed by atoms with van der Waals surface area (Å²) in [6, 6.07) is 10.5. The van der Waals surface area contributed by atoms with E-state index in [2.05, 4.69) is 47.1 Å². The van der Waals surface area contributed by atoms with E-state index in [4.69, 9.17) is 4.74 Å². The minimum Gasteiger partial charge on any atom is -0.493 e. The third-order valence-electron chi connectivity index (χ3n) is 5.39. The van der Waals surface area contributed by atoms with Gasteiger partial charge in [-0.05, 0) is 42.6 Å². The van der Waals surface area contributed by atoms with Crippen LogP contribution in [0.15, 0.2) is 30.3 Å². The number of aromatic amines is 1. The third kappa shape index (κ3) is 5.35. The Bertz CT molecular complexity index is 767. The number of likely N-dealkylation sites (tertiary alicyclic amines) is 1. The highest BCUT2D eigenvalue weighted by Crippen LogP contribution is 2.26. The van der Waals surface area contributed by atoms with Crippen LogP contribution < -0.4 is 4.74 Å². The minimum atomic E-state index is 0.155. The van der Waals surface area contributed by atoms with Crippen molar-refractivity contribution in [2.75, 3.05) is 40.3 Å². The summed E-state index contributed by atoms with van der Waals surface area (Å²) in [6.07, 6.45) is 1.85. The van der Waals surface area contributed by atoms with Gasteiger partial charge in [0.05, 0.1) is 18.8 Å². The van der Waals surface area contributed by atoms with Crippen LogP contribution in [0.1, 0.15) is 49.1 Å². The number of hydrogen-bond donors (Lipinski definition) is 1. The van der Waals surface area contributed by atoms with Gasteiger partial charge in [-0.3, -0.25) is 14.8 Å². The predicted octanol–water partition coefficient (Wildman–Crippen LogP) is 3.03. The molecule has 0 aliphatic carbocycles. The topological polar surface area (TPSA) is 61.5 Å². The number of benzene rings is 1. The molecule has 0 unspecified atom stereocenters. The molecule has 1 aliphatic heterocycles. The Hall–Kier alpha value is -2.34. The minimum absolute atomic E-state index is 0.155. The van der Waals surface area contributed by atoms with Crippen molar-refractivity contribution in [1.82, 2.24) is 20.0 Å². The van der Waals surface area contributed by atoms with Crippen molar-refractivity contribution in [3.05, 3.63) is 47.3 Å². The number of aromatic nitrogens is 2. The second kappa shape index (κ2) is 9.24. The lowest BCUT2D eigenvalue weighted by Gasteiger charge is -2.17. The molecule has 0 saturated carbocycles. The van der Waals surface area contributed by atoms with E-state index in [0.717, 1.165) is 43.1 Å². The van der Waals surface area contributed by atoms with Gasteiger partial charge >= 0.3 is 0 Å². The highest BCUT2D eigenvalue weighted by Gasteiger charge is 2.27. The van der Waals surface area contributed by atoms with Crippen molar-refractivity contribution < 1.29 is 9.53 Å². The van der Waals surface area contributed by atoms with Gasteiger partial charge in [0.1, 0.15) is 5.75 Å². The van der Waals surface area contributed by atoms with Crippen molar-refractivity contribution in [2.45, 2.75) is 38.5 Å². The summed E-state index contributed by atoms with van der Waals surface area (Å²) in [6.45, 7) is 7.33. The molecule has 0 spiro atoms. The zero-order valence-electron chi connectivity index (χ0n) is 17.4. The number of carbonyl (C=O) groups is 1. The number of hydrogen-bond acceptors (Lipinski definition) is 4. The van der Waals surface area contributed by atoms with Crippen molar-refractivity contribution >= 4 is 5.91 Å². The molecule has 1 atom stereocenters. The van der Waals surface area contributed by atoms with Crippen molar-refractivity contribution in [1.29, 1.82) is 0 Å². The van der Waals surface area contributed by atoms with Gasteiger partial charge in [0, 0.05) is 38.7 Å². The Labute approximate surface area is 167 Å². The molecular formula is C22H32N4O2. The van der Waals surface area contributed by atoms with Crippen LogP contribution >= 0.6 is 0 Å². The van der Waals surface area contributed by atoms with Crippen LogP contribution in [0.5, 0.6) is 5.75 Å². The quantitative estimate of drug-likeness (QED) is 0.760. The van der Waals surface area contributed by atoms with Crippen LogP contribution in [0.2, 0.25) is 0 Å². The van der Waals surface area contributed by atoms with Crippen LogP contribution in [-0.2, 0) is 11.2 Å². The smallest absolute Gasteiger partial charge is 0.236 e. The summed E-state index contributed by atoms with van der Waals surface area (Å²) < 4.78 is 5.86. The highest BCUT2D eigenvalue weighted by atomic mass is 16.5. The Morgan fingerprint density at radius 3 is 2.75 bits per heavy atom. The van der Waals surface area contributed by atoms with Gasteiger partial charge in [0.25, 0.3) is 0 Å². The maximum absolute atomic E-state index is 11.9. The van der Waals surface area contributed by atoms with E-state index < -0.39 is 0 Å². The van der Waals surface area contributed by atoms with Crippen LogP contribution in [0.4, 0.5) is 0 Å². The van der Waals surface area contributed by atoms with Crippen molar-refractivity contribution in [3.63, 3.8) is 0 Å². The Morgan fingerprint density at radius 2 is 2.07 bits per heavy atom. The van der Waals surface area contributed by atoms with Crippen LogP contribution in [0.3, 0.4) is 0 Å². The summed E-state index contributed by atoms with van der Waals surface area (Å²) in [4.78, 5) is 15.7. The zero-order valence-corrected chi connectivity index (χ0v) is 17.4.